The summed E-state index contributed by atoms with van der Waals surface area (Å²) < 4.78 is 15.4. The second-order valence-corrected chi connectivity index (χ2v) is 6.63. The van der Waals surface area contributed by atoms with E-state index in [1.165, 1.54) is 12.1 Å². The maximum Gasteiger partial charge on any atom is 0.125 e. The standard InChI is InChI=1S/C19H21FN6/c20-15-2-1-3-17(12-15)26-19(14-4-8-22-9-5-14)18(23-24-26)13-25-10-6-16(21)7-11-25/h1-5,8-9,12,16H,6-7,10-11,13,21H2. The van der Waals surface area contributed by atoms with Gasteiger partial charge in [0.15, 0.2) is 0 Å². The molecule has 1 saturated heterocycles. The number of nitrogens with zero attached hydrogens (tertiary/aromatic N) is 5. The van der Waals surface area contributed by atoms with Crippen molar-refractivity contribution in [2.45, 2.75) is 25.4 Å². The van der Waals surface area contributed by atoms with Crippen LogP contribution in [0, 0.1) is 5.82 Å². The molecular formula is C19H21FN6. The summed E-state index contributed by atoms with van der Waals surface area (Å²) in [7, 11) is 0. The number of benzene rings is 1. The summed E-state index contributed by atoms with van der Waals surface area (Å²) in [5, 5.41) is 8.72. The molecule has 26 heavy (non-hydrogen) atoms. The third-order valence-corrected chi connectivity index (χ3v) is 4.75. The highest BCUT2D eigenvalue weighted by molar-refractivity contribution is 5.63. The van der Waals surface area contributed by atoms with Gasteiger partial charge in [0.2, 0.25) is 0 Å². The summed E-state index contributed by atoms with van der Waals surface area (Å²) in [6.07, 6.45) is 5.45. The molecule has 0 unspecified atom stereocenters. The quantitative estimate of drug-likeness (QED) is 0.780. The molecule has 7 heteroatoms. The van der Waals surface area contributed by atoms with E-state index in [0.29, 0.717) is 12.2 Å². The van der Waals surface area contributed by atoms with Crippen molar-refractivity contribution in [2.24, 2.45) is 5.73 Å². The van der Waals surface area contributed by atoms with E-state index in [4.69, 9.17) is 5.73 Å². The molecule has 0 atom stereocenters. The molecule has 1 aliphatic heterocycles. The third kappa shape index (κ3) is 3.49. The van der Waals surface area contributed by atoms with Crippen molar-refractivity contribution >= 4 is 0 Å². The summed E-state index contributed by atoms with van der Waals surface area (Å²) in [6.45, 7) is 2.59. The van der Waals surface area contributed by atoms with E-state index in [1.54, 1.807) is 23.1 Å². The summed E-state index contributed by atoms with van der Waals surface area (Å²) in [6, 6.07) is 10.5. The second-order valence-electron chi connectivity index (χ2n) is 6.63. The minimum Gasteiger partial charge on any atom is -0.328 e. The number of hydrogen-bond donors (Lipinski definition) is 1. The van der Waals surface area contributed by atoms with Gasteiger partial charge in [0.1, 0.15) is 11.5 Å². The molecule has 0 radical (unpaired) electrons. The van der Waals surface area contributed by atoms with Gasteiger partial charge < -0.3 is 5.73 Å². The Morgan fingerprint density at radius 1 is 1.12 bits per heavy atom. The van der Waals surface area contributed by atoms with Gasteiger partial charge in [-0.25, -0.2) is 9.07 Å². The van der Waals surface area contributed by atoms with Gasteiger partial charge in [-0.1, -0.05) is 11.3 Å². The number of likely N-dealkylation sites (tertiary alicyclic amines) is 1. The minimum atomic E-state index is -0.301. The van der Waals surface area contributed by atoms with Crippen LogP contribution in [0.3, 0.4) is 0 Å². The SMILES string of the molecule is NC1CCN(Cc2nnn(-c3cccc(F)c3)c2-c2ccncc2)CC1. The fourth-order valence-electron chi connectivity index (χ4n) is 3.33. The molecular weight excluding hydrogens is 331 g/mol. The van der Waals surface area contributed by atoms with Gasteiger partial charge >= 0.3 is 0 Å². The van der Waals surface area contributed by atoms with Crippen LogP contribution in [-0.4, -0.2) is 44.0 Å². The van der Waals surface area contributed by atoms with Crippen molar-refractivity contribution < 1.29 is 4.39 Å². The van der Waals surface area contributed by atoms with Crippen LogP contribution in [0.25, 0.3) is 16.9 Å². The Morgan fingerprint density at radius 3 is 2.62 bits per heavy atom. The zero-order chi connectivity index (χ0) is 17.9. The molecule has 0 bridgehead atoms. The lowest BCUT2D eigenvalue weighted by Crippen LogP contribution is -2.39. The van der Waals surface area contributed by atoms with Gasteiger partial charge in [0, 0.05) is 43.6 Å². The molecule has 2 aromatic heterocycles. The van der Waals surface area contributed by atoms with Crippen molar-refractivity contribution in [2.75, 3.05) is 13.1 Å². The predicted molar refractivity (Wildman–Crippen MR) is 97.0 cm³/mol. The first-order chi connectivity index (χ1) is 12.7. The van der Waals surface area contributed by atoms with Crippen LogP contribution in [-0.2, 0) is 6.54 Å². The average molecular weight is 352 g/mol. The number of rotatable bonds is 4. The van der Waals surface area contributed by atoms with Gasteiger partial charge in [-0.05, 0) is 43.2 Å². The van der Waals surface area contributed by atoms with Crippen molar-refractivity contribution in [3.63, 3.8) is 0 Å². The van der Waals surface area contributed by atoms with Crippen LogP contribution >= 0.6 is 0 Å². The fraction of sp³-hybridized carbons (Fsp3) is 0.316. The molecule has 6 nitrogen and oxygen atoms in total. The molecule has 3 aromatic rings. The lowest BCUT2D eigenvalue weighted by Gasteiger charge is -2.29. The van der Waals surface area contributed by atoms with Gasteiger partial charge in [-0.15, -0.1) is 5.10 Å². The van der Waals surface area contributed by atoms with Gasteiger partial charge in [-0.2, -0.15) is 0 Å². The lowest BCUT2D eigenvalue weighted by atomic mass is 10.1. The molecule has 3 heterocycles. The first-order valence-corrected chi connectivity index (χ1v) is 8.79. The highest BCUT2D eigenvalue weighted by atomic mass is 19.1. The Balaban J connectivity index is 1.72. The highest BCUT2D eigenvalue weighted by Gasteiger charge is 2.22. The van der Waals surface area contributed by atoms with Crippen molar-refractivity contribution in [1.82, 2.24) is 24.9 Å². The maximum absolute atomic E-state index is 13.7. The fourth-order valence-corrected chi connectivity index (χ4v) is 3.33. The molecule has 0 saturated carbocycles. The van der Waals surface area contributed by atoms with Crippen molar-refractivity contribution in [3.8, 4) is 16.9 Å². The molecule has 0 spiro atoms. The normalized spacial score (nSPS) is 16.1. The Bertz CT molecular complexity index is 871. The van der Waals surface area contributed by atoms with Crippen molar-refractivity contribution in [3.05, 3.63) is 60.3 Å². The molecule has 0 amide bonds. The smallest absolute Gasteiger partial charge is 0.125 e. The number of piperidine rings is 1. The van der Waals surface area contributed by atoms with E-state index in [-0.39, 0.29) is 11.9 Å². The maximum atomic E-state index is 13.7. The van der Waals surface area contributed by atoms with E-state index >= 15 is 0 Å². The summed E-state index contributed by atoms with van der Waals surface area (Å²) in [5.74, 6) is -0.301. The van der Waals surface area contributed by atoms with E-state index in [9.17, 15) is 4.39 Å². The summed E-state index contributed by atoms with van der Waals surface area (Å²) in [5.41, 5.74) is 9.35. The van der Waals surface area contributed by atoms with Crippen LogP contribution in [0.4, 0.5) is 4.39 Å². The number of pyridine rings is 1. The Morgan fingerprint density at radius 2 is 1.88 bits per heavy atom. The average Bonchev–Trinajstić information content (AvgIpc) is 3.08. The molecule has 2 N–H and O–H groups in total. The number of halogens is 1. The van der Waals surface area contributed by atoms with Crippen LogP contribution < -0.4 is 5.73 Å². The van der Waals surface area contributed by atoms with Crippen LogP contribution in [0.5, 0.6) is 0 Å². The Kier molecular flexibility index (Phi) is 4.73. The largest absolute Gasteiger partial charge is 0.328 e. The number of nitrogens with two attached hydrogens (primary N) is 1. The molecule has 0 aliphatic carbocycles. The predicted octanol–water partition coefficient (Wildman–Crippen LogP) is 2.39. The second kappa shape index (κ2) is 7.31. The van der Waals surface area contributed by atoms with Gasteiger partial charge in [0.05, 0.1) is 11.4 Å². The lowest BCUT2D eigenvalue weighted by molar-refractivity contribution is 0.204. The van der Waals surface area contributed by atoms with Crippen molar-refractivity contribution in [1.29, 1.82) is 0 Å². The van der Waals surface area contributed by atoms with Gasteiger partial charge in [0.25, 0.3) is 0 Å². The molecule has 1 aliphatic rings. The first kappa shape index (κ1) is 16.8. The zero-order valence-electron chi connectivity index (χ0n) is 14.4. The van der Waals surface area contributed by atoms with E-state index in [1.807, 2.05) is 18.2 Å². The Hall–Kier alpha value is -2.64. The topological polar surface area (TPSA) is 72.9 Å². The molecule has 134 valence electrons. The van der Waals surface area contributed by atoms with E-state index in [2.05, 4.69) is 20.2 Å². The van der Waals surface area contributed by atoms with Crippen LogP contribution in [0.1, 0.15) is 18.5 Å². The highest BCUT2D eigenvalue weighted by Crippen LogP contribution is 2.26. The number of aromatic nitrogens is 4. The van der Waals surface area contributed by atoms with Gasteiger partial charge in [-0.3, -0.25) is 9.88 Å². The molecule has 1 fully saturated rings. The molecule has 1 aromatic carbocycles. The first-order valence-electron chi connectivity index (χ1n) is 8.79. The van der Waals surface area contributed by atoms with E-state index in [0.717, 1.165) is 42.9 Å². The third-order valence-electron chi connectivity index (χ3n) is 4.75. The Labute approximate surface area is 151 Å². The van der Waals surface area contributed by atoms with E-state index < -0.39 is 0 Å². The summed E-state index contributed by atoms with van der Waals surface area (Å²) >= 11 is 0. The van der Waals surface area contributed by atoms with Crippen LogP contribution in [0.2, 0.25) is 0 Å². The zero-order valence-corrected chi connectivity index (χ0v) is 14.4. The van der Waals surface area contributed by atoms with Crippen LogP contribution in [0.15, 0.2) is 48.8 Å². The summed E-state index contributed by atoms with van der Waals surface area (Å²) in [4.78, 5) is 6.43. The minimum absolute atomic E-state index is 0.286. The molecule has 4 rings (SSSR count). The number of hydrogen-bond acceptors (Lipinski definition) is 5. The monoisotopic (exact) mass is 352 g/mol.